The van der Waals surface area contributed by atoms with Crippen molar-refractivity contribution >= 4 is 45.7 Å². The van der Waals surface area contributed by atoms with Gasteiger partial charge in [0.25, 0.3) is 0 Å². The van der Waals surface area contributed by atoms with E-state index in [0.717, 1.165) is 26.6 Å². The predicted octanol–water partition coefficient (Wildman–Crippen LogP) is 4.20. The number of carbonyl (C=O) groups excluding carboxylic acids is 2. The van der Waals surface area contributed by atoms with Crippen molar-refractivity contribution in [2.45, 2.75) is 44.2 Å². The molecular formula is C15H19N3O4S2. The molecule has 9 heteroatoms. The minimum absolute atomic E-state index is 0.305. The number of hydrazine groups is 1. The molecule has 2 amide bonds. The number of amides is 2. The van der Waals surface area contributed by atoms with Crippen LogP contribution in [-0.4, -0.2) is 33.8 Å². The highest BCUT2D eigenvalue weighted by atomic mass is 32.2. The van der Waals surface area contributed by atoms with E-state index in [-0.39, 0.29) is 12.2 Å². The highest BCUT2D eigenvalue weighted by Crippen LogP contribution is 2.31. The van der Waals surface area contributed by atoms with Crippen molar-refractivity contribution in [1.82, 2.24) is 14.8 Å². The zero-order valence-electron chi connectivity index (χ0n) is 13.8. The van der Waals surface area contributed by atoms with Gasteiger partial charge < -0.3 is 9.47 Å². The predicted molar refractivity (Wildman–Crippen MR) is 93.7 cm³/mol. The third-order valence-corrected chi connectivity index (χ3v) is 4.46. The molecule has 24 heavy (non-hydrogen) atoms. The zero-order chi connectivity index (χ0) is 17.7. The van der Waals surface area contributed by atoms with Crippen LogP contribution in [0.4, 0.5) is 9.59 Å². The second kappa shape index (κ2) is 8.20. The SMILES string of the molecule is CC(C)OC(=O)NN(Sc1nc2ccccc2s1)C(=O)OC(C)C. The highest BCUT2D eigenvalue weighted by molar-refractivity contribution is 7.99. The van der Waals surface area contributed by atoms with Gasteiger partial charge in [-0.2, -0.15) is 0 Å². The number of nitrogens with one attached hydrogen (secondary N) is 1. The Balaban J connectivity index is 2.14. The molecule has 0 atom stereocenters. The fraction of sp³-hybridized carbons (Fsp3) is 0.400. The summed E-state index contributed by atoms with van der Waals surface area (Å²) in [4.78, 5) is 28.4. The molecule has 0 saturated carbocycles. The van der Waals surface area contributed by atoms with Crippen LogP contribution in [0.25, 0.3) is 10.2 Å². The Kier molecular flexibility index (Phi) is 6.27. The summed E-state index contributed by atoms with van der Waals surface area (Å²) >= 11 is 2.39. The number of fused-ring (bicyclic) bond motifs is 1. The van der Waals surface area contributed by atoms with Crippen molar-refractivity contribution in [2.75, 3.05) is 0 Å². The summed E-state index contributed by atoms with van der Waals surface area (Å²) in [6, 6.07) is 7.62. The van der Waals surface area contributed by atoms with Crippen molar-refractivity contribution in [2.24, 2.45) is 0 Å². The van der Waals surface area contributed by atoms with E-state index >= 15 is 0 Å². The zero-order valence-corrected chi connectivity index (χ0v) is 15.4. The summed E-state index contributed by atoms with van der Waals surface area (Å²) in [5.41, 5.74) is 3.20. The quantitative estimate of drug-likeness (QED) is 0.642. The van der Waals surface area contributed by atoms with E-state index in [2.05, 4.69) is 10.4 Å². The number of nitrogens with zero attached hydrogens (tertiary/aromatic N) is 2. The van der Waals surface area contributed by atoms with E-state index in [0.29, 0.717) is 4.34 Å². The number of ether oxygens (including phenoxy) is 2. The van der Waals surface area contributed by atoms with E-state index in [1.54, 1.807) is 27.7 Å². The van der Waals surface area contributed by atoms with Gasteiger partial charge in [-0.05, 0) is 39.8 Å². The molecule has 2 rings (SSSR count). The molecule has 0 bridgehead atoms. The van der Waals surface area contributed by atoms with E-state index in [4.69, 9.17) is 9.47 Å². The summed E-state index contributed by atoms with van der Waals surface area (Å²) in [6.07, 6.45) is -2.06. The maximum atomic E-state index is 12.2. The normalized spacial score (nSPS) is 10.9. The fourth-order valence-corrected chi connectivity index (χ4v) is 3.52. The number of aromatic nitrogens is 1. The summed E-state index contributed by atoms with van der Waals surface area (Å²) < 4.78 is 12.7. The van der Waals surface area contributed by atoms with Crippen molar-refractivity contribution in [3.05, 3.63) is 24.3 Å². The van der Waals surface area contributed by atoms with Crippen molar-refractivity contribution in [3.63, 3.8) is 0 Å². The number of carbonyl (C=O) groups is 2. The maximum absolute atomic E-state index is 12.2. The Morgan fingerprint density at radius 1 is 1.17 bits per heavy atom. The molecule has 0 unspecified atom stereocenters. The first kappa shape index (κ1) is 18.3. The Morgan fingerprint density at radius 3 is 2.46 bits per heavy atom. The van der Waals surface area contributed by atoms with Gasteiger partial charge in [0.2, 0.25) is 0 Å². The standard InChI is InChI=1S/C15H19N3O4S2/c1-9(2)21-13(19)17-18(15(20)22-10(3)4)24-14-16-11-7-5-6-8-12(11)23-14/h5-10H,1-4H3,(H,17,19). The van der Waals surface area contributed by atoms with Gasteiger partial charge in [-0.3, -0.25) is 0 Å². The maximum Gasteiger partial charge on any atom is 0.440 e. The molecule has 7 nitrogen and oxygen atoms in total. The topological polar surface area (TPSA) is 80.8 Å². The van der Waals surface area contributed by atoms with Crippen LogP contribution in [-0.2, 0) is 9.47 Å². The van der Waals surface area contributed by atoms with E-state index in [1.807, 2.05) is 24.3 Å². The van der Waals surface area contributed by atoms with Crippen LogP contribution in [0, 0.1) is 0 Å². The van der Waals surface area contributed by atoms with Crippen LogP contribution in [0.15, 0.2) is 28.6 Å². The number of hydrogen-bond donors (Lipinski definition) is 1. The molecule has 1 aromatic carbocycles. The molecule has 0 spiro atoms. The first-order chi connectivity index (χ1) is 11.3. The van der Waals surface area contributed by atoms with Crippen LogP contribution >= 0.6 is 23.3 Å². The number of hydrogen-bond acceptors (Lipinski definition) is 7. The summed E-state index contributed by atoms with van der Waals surface area (Å²) in [5.74, 6) is 0. The van der Waals surface area contributed by atoms with Gasteiger partial charge in [-0.1, -0.05) is 12.1 Å². The van der Waals surface area contributed by atoms with E-state index < -0.39 is 12.2 Å². The van der Waals surface area contributed by atoms with Gasteiger partial charge in [-0.25, -0.2) is 20.0 Å². The number of benzene rings is 1. The molecule has 1 heterocycles. The second-order valence-corrected chi connectivity index (χ2v) is 7.56. The van der Waals surface area contributed by atoms with Crippen molar-refractivity contribution in [3.8, 4) is 0 Å². The van der Waals surface area contributed by atoms with Crippen LogP contribution in [0.3, 0.4) is 0 Å². The van der Waals surface area contributed by atoms with Gasteiger partial charge in [-0.15, -0.1) is 15.8 Å². The minimum Gasteiger partial charge on any atom is -0.446 e. The molecule has 0 radical (unpaired) electrons. The molecule has 0 aliphatic heterocycles. The largest absolute Gasteiger partial charge is 0.446 e. The summed E-state index contributed by atoms with van der Waals surface area (Å²) in [7, 11) is 0. The summed E-state index contributed by atoms with van der Waals surface area (Å²) in [6.45, 7) is 6.89. The lowest BCUT2D eigenvalue weighted by Gasteiger charge is -2.21. The number of para-hydroxylation sites is 1. The van der Waals surface area contributed by atoms with Gasteiger partial charge in [0, 0.05) is 11.9 Å². The fourth-order valence-electron chi connectivity index (χ4n) is 1.65. The van der Waals surface area contributed by atoms with Gasteiger partial charge in [0.05, 0.1) is 22.4 Å². The van der Waals surface area contributed by atoms with Crippen LogP contribution in [0.1, 0.15) is 27.7 Å². The Hall–Kier alpha value is -2.00. The first-order valence-corrected chi connectivity index (χ1v) is 8.95. The Labute approximate surface area is 148 Å². The third-order valence-electron chi connectivity index (χ3n) is 2.48. The Bertz CT molecular complexity index is 685. The monoisotopic (exact) mass is 369 g/mol. The van der Waals surface area contributed by atoms with Crippen LogP contribution in [0.5, 0.6) is 0 Å². The van der Waals surface area contributed by atoms with E-state index in [1.165, 1.54) is 11.3 Å². The molecule has 130 valence electrons. The van der Waals surface area contributed by atoms with E-state index in [9.17, 15) is 9.59 Å². The molecule has 1 aromatic heterocycles. The lowest BCUT2D eigenvalue weighted by Crippen LogP contribution is -2.43. The summed E-state index contributed by atoms with van der Waals surface area (Å²) in [5, 5.41) is 0. The minimum atomic E-state index is -0.737. The smallest absolute Gasteiger partial charge is 0.440 e. The van der Waals surface area contributed by atoms with Gasteiger partial charge in [0.1, 0.15) is 0 Å². The lowest BCUT2D eigenvalue weighted by atomic mass is 10.3. The highest BCUT2D eigenvalue weighted by Gasteiger charge is 2.23. The first-order valence-electron chi connectivity index (χ1n) is 7.36. The van der Waals surface area contributed by atoms with Gasteiger partial charge >= 0.3 is 12.2 Å². The molecule has 0 saturated heterocycles. The average Bonchev–Trinajstić information content (AvgIpc) is 2.87. The molecule has 0 fully saturated rings. The number of rotatable bonds is 4. The second-order valence-electron chi connectivity index (χ2n) is 5.33. The molecule has 1 N–H and O–H groups in total. The van der Waals surface area contributed by atoms with Crippen LogP contribution in [0.2, 0.25) is 0 Å². The molecule has 2 aromatic rings. The van der Waals surface area contributed by atoms with Gasteiger partial charge in [0.15, 0.2) is 4.34 Å². The average molecular weight is 369 g/mol. The van der Waals surface area contributed by atoms with Crippen molar-refractivity contribution < 1.29 is 19.1 Å². The Morgan fingerprint density at radius 2 is 1.83 bits per heavy atom. The third kappa shape index (κ3) is 5.27. The van der Waals surface area contributed by atoms with Crippen molar-refractivity contribution in [1.29, 1.82) is 0 Å². The lowest BCUT2D eigenvalue weighted by molar-refractivity contribution is 0.0743. The molecular weight excluding hydrogens is 350 g/mol. The molecule has 0 aliphatic carbocycles. The molecule has 0 aliphatic rings. The number of thiazole rings is 1. The van der Waals surface area contributed by atoms with Crippen LogP contribution < -0.4 is 5.43 Å².